The van der Waals surface area contributed by atoms with Crippen LogP contribution < -0.4 is 5.32 Å². The van der Waals surface area contributed by atoms with Crippen LogP contribution in [-0.2, 0) is 14.8 Å². The lowest BCUT2D eigenvalue weighted by molar-refractivity contribution is -0.132. The summed E-state index contributed by atoms with van der Waals surface area (Å²) >= 11 is 0. The molecule has 0 aromatic heterocycles. The third-order valence-electron chi connectivity index (χ3n) is 1.83. The summed E-state index contributed by atoms with van der Waals surface area (Å²) in [5.41, 5.74) is -0.261. The van der Waals surface area contributed by atoms with Gasteiger partial charge in [0.1, 0.15) is 0 Å². The van der Waals surface area contributed by atoms with Gasteiger partial charge in [-0.05, 0) is 0 Å². The molecule has 1 rings (SSSR count). The first-order valence-electron chi connectivity index (χ1n) is 4.35. The van der Waals surface area contributed by atoms with Gasteiger partial charge in [0.15, 0.2) is 0 Å². The van der Waals surface area contributed by atoms with Gasteiger partial charge in [0, 0.05) is 12.6 Å². The van der Waals surface area contributed by atoms with E-state index >= 15 is 0 Å². The summed E-state index contributed by atoms with van der Waals surface area (Å²) in [5, 5.41) is 11.6. The Balaban J connectivity index is 2.99. The predicted molar refractivity (Wildman–Crippen MR) is 55.2 cm³/mol. The van der Waals surface area contributed by atoms with Crippen molar-refractivity contribution in [2.45, 2.75) is 19.9 Å². The number of nitrogens with one attached hydrogen (secondary N) is 1. The minimum Gasteiger partial charge on any atom is -0.478 e. The van der Waals surface area contributed by atoms with Gasteiger partial charge in [-0.3, -0.25) is 0 Å². The van der Waals surface area contributed by atoms with Crippen molar-refractivity contribution in [2.24, 2.45) is 4.40 Å². The molecule has 0 spiro atoms. The van der Waals surface area contributed by atoms with Crippen molar-refractivity contribution >= 4 is 22.2 Å². The van der Waals surface area contributed by atoms with Gasteiger partial charge in [-0.2, -0.15) is 12.8 Å². The monoisotopic (exact) mass is 232 g/mol. The van der Waals surface area contributed by atoms with Crippen LogP contribution in [0, 0.1) is 0 Å². The van der Waals surface area contributed by atoms with E-state index in [1.165, 1.54) is 0 Å². The molecule has 15 heavy (non-hydrogen) atoms. The van der Waals surface area contributed by atoms with E-state index in [4.69, 9.17) is 5.11 Å². The zero-order valence-corrected chi connectivity index (χ0v) is 9.21. The molecule has 1 aliphatic heterocycles. The number of hydrogen-bond donors (Lipinski definition) is 2. The average molecular weight is 232 g/mol. The molecule has 7 heteroatoms. The van der Waals surface area contributed by atoms with Crippen LogP contribution >= 0.6 is 0 Å². The molecule has 0 aromatic carbocycles. The largest absolute Gasteiger partial charge is 0.478 e. The number of carbonyl (C=O) groups is 1. The quantitative estimate of drug-likeness (QED) is 0.696. The van der Waals surface area contributed by atoms with Crippen molar-refractivity contribution in [3.05, 3.63) is 10.5 Å². The molecule has 0 unspecified atom stereocenters. The molecule has 0 aliphatic carbocycles. The summed E-state index contributed by atoms with van der Waals surface area (Å²) in [6.07, 6.45) is 0.870. The first-order chi connectivity index (χ1) is 6.84. The summed E-state index contributed by atoms with van der Waals surface area (Å²) in [6.45, 7) is 3.66. The molecule has 1 heterocycles. The molecule has 1 aliphatic rings. The Morgan fingerprint density at radius 1 is 1.60 bits per heavy atom. The number of sulfonamides is 1. The highest BCUT2D eigenvalue weighted by Gasteiger charge is 2.29. The van der Waals surface area contributed by atoms with Crippen LogP contribution in [0.4, 0.5) is 0 Å². The Hall–Kier alpha value is -1.21. The van der Waals surface area contributed by atoms with E-state index in [-0.39, 0.29) is 23.1 Å². The Morgan fingerprint density at radius 3 is 2.67 bits per heavy atom. The molecule has 6 nitrogen and oxygen atoms in total. The van der Waals surface area contributed by atoms with E-state index in [1.807, 2.05) is 13.8 Å². The third-order valence-corrected chi connectivity index (χ3v) is 3.20. The van der Waals surface area contributed by atoms with Gasteiger partial charge < -0.3 is 10.4 Å². The highest BCUT2D eigenvalue weighted by molar-refractivity contribution is 7.94. The van der Waals surface area contributed by atoms with Gasteiger partial charge in [-0.15, -0.1) is 0 Å². The van der Waals surface area contributed by atoms with E-state index in [2.05, 4.69) is 9.71 Å². The van der Waals surface area contributed by atoms with Crippen molar-refractivity contribution in [3.63, 3.8) is 0 Å². The van der Waals surface area contributed by atoms with Gasteiger partial charge in [-0.25, -0.2) is 4.79 Å². The van der Waals surface area contributed by atoms with Crippen molar-refractivity contribution in [2.75, 3.05) is 6.54 Å². The summed E-state index contributed by atoms with van der Waals surface area (Å²) in [7, 11) is -3.77. The smallest absolute Gasteiger partial charge is 0.338 e. The molecule has 2 N–H and O–H groups in total. The summed E-state index contributed by atoms with van der Waals surface area (Å²) < 4.78 is 25.8. The second-order valence-electron chi connectivity index (χ2n) is 3.39. The van der Waals surface area contributed by atoms with Gasteiger partial charge in [0.25, 0.3) is 10.0 Å². The maximum Gasteiger partial charge on any atom is 0.338 e. The fraction of sp³-hybridized carbons (Fsp3) is 0.500. The molecule has 0 atom stereocenters. The maximum atomic E-state index is 11.3. The molecule has 0 aromatic rings. The van der Waals surface area contributed by atoms with Crippen molar-refractivity contribution in [1.29, 1.82) is 0 Å². The van der Waals surface area contributed by atoms with Crippen LogP contribution in [0.15, 0.2) is 14.9 Å². The molecule has 0 bridgehead atoms. The number of nitrogens with zero attached hydrogens (tertiary/aromatic N) is 1. The highest BCUT2D eigenvalue weighted by atomic mass is 32.2. The first-order valence-corrected chi connectivity index (χ1v) is 5.79. The maximum absolute atomic E-state index is 11.3. The predicted octanol–water partition coefficient (Wildman–Crippen LogP) is -0.263. The molecule has 0 amide bonds. The molecule has 0 radical (unpaired) electrons. The number of carboxylic acids is 1. The topological polar surface area (TPSA) is 95.8 Å². The van der Waals surface area contributed by atoms with E-state index in [0.717, 1.165) is 6.21 Å². The lowest BCUT2D eigenvalue weighted by Crippen LogP contribution is -2.27. The van der Waals surface area contributed by atoms with Crippen LogP contribution in [0.25, 0.3) is 0 Å². The van der Waals surface area contributed by atoms with E-state index in [1.54, 1.807) is 0 Å². The molecule has 0 saturated carbocycles. The molecular formula is C8H12N2O4S. The third kappa shape index (κ3) is 2.63. The lowest BCUT2D eigenvalue weighted by Gasteiger charge is -2.08. The second-order valence-corrected chi connectivity index (χ2v) is 5.04. The first kappa shape index (κ1) is 11.9. The molecule has 0 fully saturated rings. The second kappa shape index (κ2) is 4.11. The van der Waals surface area contributed by atoms with Crippen molar-refractivity contribution in [3.8, 4) is 0 Å². The highest BCUT2D eigenvalue weighted by Crippen LogP contribution is 2.19. The molecular weight excluding hydrogens is 220 g/mol. The van der Waals surface area contributed by atoms with Gasteiger partial charge >= 0.3 is 5.97 Å². The Kier molecular flexibility index (Phi) is 3.25. The molecule has 0 saturated heterocycles. The van der Waals surface area contributed by atoms with Gasteiger partial charge in [0.2, 0.25) is 0 Å². The van der Waals surface area contributed by atoms with Crippen LogP contribution in [0.3, 0.4) is 0 Å². The Bertz CT molecular complexity index is 434. The standard InChI is InChI=1S/C8H12N2O4S/c1-5(2)9-4-7-6(8(11)12)3-10-15(7,13)14/h3,5,9H,4H2,1-2H3,(H,11,12). The summed E-state index contributed by atoms with van der Waals surface area (Å²) in [4.78, 5) is 10.5. The summed E-state index contributed by atoms with van der Waals surface area (Å²) in [5.74, 6) is -1.28. The zero-order valence-electron chi connectivity index (χ0n) is 8.39. The zero-order chi connectivity index (χ0) is 11.6. The van der Waals surface area contributed by atoms with Crippen LogP contribution in [0.1, 0.15) is 13.8 Å². The number of hydrogen-bond acceptors (Lipinski definition) is 4. The van der Waals surface area contributed by atoms with E-state index in [0.29, 0.717) is 0 Å². The minimum atomic E-state index is -3.77. The van der Waals surface area contributed by atoms with Crippen molar-refractivity contribution < 1.29 is 18.3 Å². The minimum absolute atomic E-state index is 0.0123. The van der Waals surface area contributed by atoms with Crippen LogP contribution in [0.5, 0.6) is 0 Å². The number of aliphatic carboxylic acids is 1. The van der Waals surface area contributed by atoms with Crippen molar-refractivity contribution in [1.82, 2.24) is 5.32 Å². The Morgan fingerprint density at radius 2 is 2.20 bits per heavy atom. The Labute approximate surface area is 87.8 Å². The SMILES string of the molecule is CC(C)NCC1=C(C(=O)O)C=NS1(=O)=O. The fourth-order valence-electron chi connectivity index (χ4n) is 1.05. The fourth-order valence-corrected chi connectivity index (χ4v) is 2.11. The number of carboxylic acid groups (broad SMARTS) is 1. The van der Waals surface area contributed by atoms with Crippen LogP contribution in [-0.4, -0.2) is 38.3 Å². The van der Waals surface area contributed by atoms with Crippen LogP contribution in [0.2, 0.25) is 0 Å². The number of rotatable bonds is 4. The van der Waals surface area contributed by atoms with E-state index < -0.39 is 16.0 Å². The van der Waals surface area contributed by atoms with Gasteiger partial charge in [0.05, 0.1) is 16.7 Å². The summed E-state index contributed by atoms with van der Waals surface area (Å²) in [6, 6.07) is 0.0725. The lowest BCUT2D eigenvalue weighted by atomic mass is 10.2. The molecule has 84 valence electrons. The average Bonchev–Trinajstić information content (AvgIpc) is 2.37. The van der Waals surface area contributed by atoms with Gasteiger partial charge in [-0.1, -0.05) is 13.8 Å². The van der Waals surface area contributed by atoms with E-state index in [9.17, 15) is 13.2 Å². The normalized spacial score (nSPS) is 18.9.